The molecule has 0 aliphatic carbocycles. The summed E-state index contributed by atoms with van der Waals surface area (Å²) in [6.07, 6.45) is 0. The van der Waals surface area contributed by atoms with Crippen LogP contribution in [0.4, 0.5) is 0 Å². The van der Waals surface area contributed by atoms with Gasteiger partial charge in [-0.1, -0.05) is 13.8 Å². The minimum absolute atomic E-state index is 0.0347. The fourth-order valence-corrected chi connectivity index (χ4v) is 2.75. The maximum atomic E-state index is 12.1. The molecule has 1 aliphatic heterocycles. The van der Waals surface area contributed by atoms with Gasteiger partial charge in [0.05, 0.1) is 5.88 Å². The Labute approximate surface area is 108 Å². The zero-order chi connectivity index (χ0) is 13.3. The summed E-state index contributed by atoms with van der Waals surface area (Å²) in [5, 5.41) is 15.6. The number of nitrogens with one attached hydrogen (secondary N) is 1. The number of carbonyl (C=O) groups excluding carboxylic acids is 1. The molecule has 1 fully saturated rings. The quantitative estimate of drug-likeness (QED) is 0.831. The molecular formula is C10H14N4O3S. The first-order valence-electron chi connectivity index (χ1n) is 5.54. The van der Waals surface area contributed by atoms with Gasteiger partial charge < -0.3 is 10.0 Å². The topological polar surface area (TPSA) is 99.2 Å². The molecule has 2 rings (SSSR count). The molecule has 8 heteroatoms. The van der Waals surface area contributed by atoms with Crippen LogP contribution in [-0.2, 0) is 4.79 Å². The number of carboxylic acids is 1. The van der Waals surface area contributed by atoms with Crippen molar-refractivity contribution in [2.24, 2.45) is 0 Å². The van der Waals surface area contributed by atoms with Gasteiger partial charge in [-0.3, -0.25) is 9.89 Å². The maximum absolute atomic E-state index is 12.1. The van der Waals surface area contributed by atoms with Crippen LogP contribution >= 0.6 is 11.8 Å². The van der Waals surface area contributed by atoms with Crippen LogP contribution in [0.2, 0.25) is 0 Å². The smallest absolute Gasteiger partial charge is 0.327 e. The number of thioether (sulfide) groups is 1. The van der Waals surface area contributed by atoms with E-state index in [2.05, 4.69) is 15.2 Å². The fourth-order valence-electron chi connectivity index (χ4n) is 1.60. The Hall–Kier alpha value is -1.57. The van der Waals surface area contributed by atoms with E-state index in [-0.39, 0.29) is 11.7 Å². The molecule has 1 aliphatic rings. The molecule has 1 amide bonds. The zero-order valence-corrected chi connectivity index (χ0v) is 10.9. The number of amides is 1. The average molecular weight is 270 g/mol. The third-order valence-corrected chi connectivity index (χ3v) is 3.68. The molecule has 98 valence electrons. The van der Waals surface area contributed by atoms with Gasteiger partial charge in [0.2, 0.25) is 5.82 Å². The number of carbonyl (C=O) groups is 2. The molecule has 7 nitrogen and oxygen atoms in total. The third-order valence-electron chi connectivity index (χ3n) is 2.67. The molecule has 2 N–H and O–H groups in total. The van der Waals surface area contributed by atoms with E-state index in [1.54, 1.807) is 0 Å². The molecule has 1 saturated heterocycles. The van der Waals surface area contributed by atoms with Gasteiger partial charge in [-0.15, -0.1) is 16.9 Å². The molecular weight excluding hydrogens is 256 g/mol. The number of aliphatic carboxylic acids is 1. The van der Waals surface area contributed by atoms with Crippen molar-refractivity contribution in [3.8, 4) is 0 Å². The minimum Gasteiger partial charge on any atom is -0.480 e. The van der Waals surface area contributed by atoms with Crippen LogP contribution in [0.3, 0.4) is 0 Å². The molecule has 0 aromatic carbocycles. The van der Waals surface area contributed by atoms with Gasteiger partial charge in [0.25, 0.3) is 5.91 Å². The summed E-state index contributed by atoms with van der Waals surface area (Å²) in [7, 11) is 0. The predicted octanol–water partition coefficient (Wildman–Crippen LogP) is 0.528. The predicted molar refractivity (Wildman–Crippen MR) is 65.4 cm³/mol. The lowest BCUT2D eigenvalue weighted by atomic mass is 10.2. The third kappa shape index (κ3) is 2.33. The summed E-state index contributed by atoms with van der Waals surface area (Å²) >= 11 is 1.41. The van der Waals surface area contributed by atoms with Crippen LogP contribution < -0.4 is 0 Å². The molecule has 1 atom stereocenters. The zero-order valence-electron chi connectivity index (χ0n) is 10.1. The number of H-pyrrole nitrogens is 1. The largest absolute Gasteiger partial charge is 0.480 e. The monoisotopic (exact) mass is 270 g/mol. The minimum atomic E-state index is -0.993. The summed E-state index contributed by atoms with van der Waals surface area (Å²) in [6.45, 7) is 3.86. The SMILES string of the molecule is CC(C)c1nc(C(=O)N2CSC[C@H]2C(=O)O)n[nH]1. The van der Waals surface area contributed by atoms with Crippen molar-refractivity contribution in [1.82, 2.24) is 20.1 Å². The fraction of sp³-hybridized carbons (Fsp3) is 0.600. The molecule has 0 unspecified atom stereocenters. The van der Waals surface area contributed by atoms with Gasteiger partial charge >= 0.3 is 5.97 Å². The Bertz CT molecular complexity index is 473. The van der Waals surface area contributed by atoms with Gasteiger partial charge in [0.15, 0.2) is 0 Å². The highest BCUT2D eigenvalue weighted by Crippen LogP contribution is 2.22. The maximum Gasteiger partial charge on any atom is 0.327 e. The van der Waals surface area contributed by atoms with Crippen molar-refractivity contribution in [3.05, 3.63) is 11.6 Å². The van der Waals surface area contributed by atoms with E-state index < -0.39 is 17.9 Å². The molecule has 0 radical (unpaired) electrons. The molecule has 1 aromatic heterocycles. The average Bonchev–Trinajstić information content (AvgIpc) is 2.97. The second kappa shape index (κ2) is 4.97. The normalized spacial score (nSPS) is 19.5. The molecule has 0 spiro atoms. The summed E-state index contributed by atoms with van der Waals surface area (Å²) in [5.41, 5.74) is 0. The molecule has 0 bridgehead atoms. The summed E-state index contributed by atoms with van der Waals surface area (Å²) in [5.74, 6) is 0.138. The van der Waals surface area contributed by atoms with Crippen LogP contribution in [0.15, 0.2) is 0 Å². The van der Waals surface area contributed by atoms with Crippen molar-refractivity contribution in [2.75, 3.05) is 11.6 Å². The lowest BCUT2D eigenvalue weighted by molar-refractivity contribution is -0.140. The van der Waals surface area contributed by atoms with Crippen molar-refractivity contribution >= 4 is 23.6 Å². The summed E-state index contributed by atoms with van der Waals surface area (Å²) < 4.78 is 0. The van der Waals surface area contributed by atoms with E-state index >= 15 is 0 Å². The van der Waals surface area contributed by atoms with E-state index in [9.17, 15) is 9.59 Å². The van der Waals surface area contributed by atoms with Crippen LogP contribution in [0, 0.1) is 0 Å². The molecule has 18 heavy (non-hydrogen) atoms. The highest BCUT2D eigenvalue weighted by Gasteiger charge is 2.36. The number of hydrogen-bond donors (Lipinski definition) is 2. The van der Waals surface area contributed by atoms with Gasteiger partial charge in [0, 0.05) is 11.7 Å². The Morgan fingerprint density at radius 3 is 2.83 bits per heavy atom. The Morgan fingerprint density at radius 2 is 2.28 bits per heavy atom. The van der Waals surface area contributed by atoms with Gasteiger partial charge in [-0.2, -0.15) is 0 Å². The van der Waals surface area contributed by atoms with Crippen LogP contribution in [0.5, 0.6) is 0 Å². The Balaban J connectivity index is 2.17. The lowest BCUT2D eigenvalue weighted by Crippen LogP contribution is -2.42. The van der Waals surface area contributed by atoms with E-state index in [1.807, 2.05) is 13.8 Å². The Morgan fingerprint density at radius 1 is 1.56 bits per heavy atom. The number of carboxylic acid groups (broad SMARTS) is 1. The standard InChI is InChI=1S/C10H14N4O3S/c1-5(2)7-11-8(13-12-7)9(15)14-4-18-3-6(14)10(16)17/h5-6H,3-4H2,1-2H3,(H,16,17)(H,11,12,13)/t6-/m0/s1. The number of aromatic amines is 1. The molecule has 2 heterocycles. The van der Waals surface area contributed by atoms with Crippen molar-refractivity contribution < 1.29 is 14.7 Å². The van der Waals surface area contributed by atoms with Gasteiger partial charge in [-0.05, 0) is 0 Å². The van der Waals surface area contributed by atoms with Crippen LogP contribution in [0.25, 0.3) is 0 Å². The van der Waals surface area contributed by atoms with E-state index in [1.165, 1.54) is 16.7 Å². The highest BCUT2D eigenvalue weighted by molar-refractivity contribution is 7.99. The first-order valence-corrected chi connectivity index (χ1v) is 6.70. The second-order valence-electron chi connectivity index (χ2n) is 4.33. The lowest BCUT2D eigenvalue weighted by Gasteiger charge is -2.18. The molecule has 1 aromatic rings. The first kappa shape index (κ1) is 12.9. The van der Waals surface area contributed by atoms with Crippen molar-refractivity contribution in [3.63, 3.8) is 0 Å². The van der Waals surface area contributed by atoms with E-state index in [4.69, 9.17) is 5.11 Å². The van der Waals surface area contributed by atoms with E-state index in [0.29, 0.717) is 17.5 Å². The summed E-state index contributed by atoms with van der Waals surface area (Å²) in [6, 6.07) is -0.788. The Kier molecular flexibility index (Phi) is 3.55. The number of aromatic nitrogens is 3. The van der Waals surface area contributed by atoms with Gasteiger partial charge in [0.1, 0.15) is 11.9 Å². The second-order valence-corrected chi connectivity index (χ2v) is 5.33. The number of hydrogen-bond acceptors (Lipinski definition) is 5. The van der Waals surface area contributed by atoms with E-state index in [0.717, 1.165) is 0 Å². The van der Waals surface area contributed by atoms with Crippen LogP contribution in [-0.4, -0.2) is 54.7 Å². The number of rotatable bonds is 3. The van der Waals surface area contributed by atoms with Crippen molar-refractivity contribution in [2.45, 2.75) is 25.8 Å². The van der Waals surface area contributed by atoms with Crippen molar-refractivity contribution in [1.29, 1.82) is 0 Å². The first-order chi connectivity index (χ1) is 8.50. The summed E-state index contributed by atoms with van der Waals surface area (Å²) in [4.78, 5) is 28.5. The van der Waals surface area contributed by atoms with Gasteiger partial charge in [-0.25, -0.2) is 9.78 Å². The number of nitrogens with zero attached hydrogens (tertiary/aromatic N) is 3. The van der Waals surface area contributed by atoms with Crippen LogP contribution in [0.1, 0.15) is 36.2 Å². The molecule has 0 saturated carbocycles. The highest BCUT2D eigenvalue weighted by atomic mass is 32.2.